The third-order valence-corrected chi connectivity index (χ3v) is 4.46. The lowest BCUT2D eigenvalue weighted by molar-refractivity contribution is -0.127. The Morgan fingerprint density at radius 2 is 1.96 bits per heavy atom. The van der Waals surface area contributed by atoms with Crippen LogP contribution in [0.1, 0.15) is 43.4 Å². The summed E-state index contributed by atoms with van der Waals surface area (Å²) in [6.07, 6.45) is 0.992. The minimum absolute atomic E-state index is 0.281. The number of hydrazone groups is 1. The first-order valence-electron chi connectivity index (χ1n) is 8.22. The van der Waals surface area contributed by atoms with E-state index in [1.807, 2.05) is 43.3 Å². The van der Waals surface area contributed by atoms with Crippen molar-refractivity contribution in [3.63, 3.8) is 0 Å². The predicted molar refractivity (Wildman–Crippen MR) is 110 cm³/mol. The van der Waals surface area contributed by atoms with Crippen LogP contribution in [0.5, 0.6) is 5.75 Å². The molecule has 132 valence electrons. The van der Waals surface area contributed by atoms with Crippen LogP contribution in [0.15, 0.2) is 47.6 Å². The first kappa shape index (κ1) is 19.4. The van der Waals surface area contributed by atoms with E-state index in [0.717, 1.165) is 20.4 Å². The summed E-state index contributed by atoms with van der Waals surface area (Å²) in [5.41, 5.74) is 5.65. The van der Waals surface area contributed by atoms with Crippen molar-refractivity contribution < 1.29 is 9.53 Å². The normalized spacial score (nSPS) is 12.4. The van der Waals surface area contributed by atoms with E-state index >= 15 is 0 Å². The average Bonchev–Trinajstić information content (AvgIpc) is 2.56. The highest BCUT2D eigenvalue weighted by molar-refractivity contribution is 14.1. The molecule has 2 rings (SSSR count). The van der Waals surface area contributed by atoms with Crippen LogP contribution in [0.3, 0.4) is 0 Å². The van der Waals surface area contributed by atoms with Gasteiger partial charge in [0.2, 0.25) is 0 Å². The average molecular weight is 450 g/mol. The molecule has 0 spiro atoms. The van der Waals surface area contributed by atoms with Crippen LogP contribution in [0.4, 0.5) is 0 Å². The smallest absolute Gasteiger partial charge is 0.280 e. The van der Waals surface area contributed by atoms with Crippen molar-refractivity contribution in [2.75, 3.05) is 0 Å². The maximum absolute atomic E-state index is 12.2. The van der Waals surface area contributed by atoms with Crippen molar-refractivity contribution in [3.05, 3.63) is 62.7 Å². The van der Waals surface area contributed by atoms with Gasteiger partial charge in [-0.15, -0.1) is 0 Å². The molecule has 1 atom stereocenters. The second-order valence-electron chi connectivity index (χ2n) is 6.23. The summed E-state index contributed by atoms with van der Waals surface area (Å²) in [4.78, 5) is 12.2. The van der Waals surface area contributed by atoms with E-state index in [1.165, 1.54) is 5.56 Å². The highest BCUT2D eigenvalue weighted by atomic mass is 127. The van der Waals surface area contributed by atoms with E-state index in [0.29, 0.717) is 5.92 Å². The van der Waals surface area contributed by atoms with Crippen LogP contribution in [-0.4, -0.2) is 18.2 Å². The van der Waals surface area contributed by atoms with Crippen molar-refractivity contribution in [1.82, 2.24) is 5.43 Å². The van der Waals surface area contributed by atoms with Crippen LogP contribution in [0, 0.1) is 10.5 Å². The molecule has 0 bridgehead atoms. The van der Waals surface area contributed by atoms with E-state index < -0.39 is 6.10 Å². The fourth-order valence-electron chi connectivity index (χ4n) is 2.19. The summed E-state index contributed by atoms with van der Waals surface area (Å²) in [7, 11) is 0. The third kappa shape index (κ3) is 5.85. The molecule has 2 aromatic carbocycles. The number of amides is 1. The highest BCUT2D eigenvalue weighted by Crippen LogP contribution is 2.25. The molecule has 4 nitrogen and oxygen atoms in total. The van der Waals surface area contributed by atoms with Crippen molar-refractivity contribution in [3.8, 4) is 5.75 Å². The number of benzene rings is 2. The number of hydrogen-bond acceptors (Lipinski definition) is 3. The van der Waals surface area contributed by atoms with Crippen LogP contribution in [0.25, 0.3) is 0 Å². The summed E-state index contributed by atoms with van der Waals surface area (Å²) in [5.74, 6) is 0.858. The van der Waals surface area contributed by atoms with E-state index in [4.69, 9.17) is 4.74 Å². The number of nitrogens with zero attached hydrogens (tertiary/aromatic N) is 1. The quantitative estimate of drug-likeness (QED) is 0.396. The van der Waals surface area contributed by atoms with Gasteiger partial charge in [0.1, 0.15) is 5.75 Å². The molecule has 5 heteroatoms. The fraction of sp³-hybridized carbons (Fsp3) is 0.300. The Hall–Kier alpha value is -1.89. The number of rotatable bonds is 6. The molecule has 0 heterocycles. The maximum atomic E-state index is 12.2. The number of nitrogens with one attached hydrogen (secondary N) is 1. The monoisotopic (exact) mass is 450 g/mol. The molecular formula is C20H23IN2O2. The number of aryl methyl sites for hydroxylation is 1. The van der Waals surface area contributed by atoms with Gasteiger partial charge in [-0.3, -0.25) is 4.79 Å². The lowest BCUT2D eigenvalue weighted by Crippen LogP contribution is -2.33. The van der Waals surface area contributed by atoms with Crippen molar-refractivity contribution in [2.45, 2.75) is 39.7 Å². The van der Waals surface area contributed by atoms with Crippen LogP contribution in [0.2, 0.25) is 0 Å². The molecule has 0 aliphatic heterocycles. The molecule has 0 saturated carbocycles. The van der Waals surface area contributed by atoms with E-state index in [9.17, 15) is 4.79 Å². The van der Waals surface area contributed by atoms with E-state index in [1.54, 1.807) is 13.1 Å². The Labute approximate surface area is 162 Å². The largest absolute Gasteiger partial charge is 0.481 e. The molecule has 25 heavy (non-hydrogen) atoms. The molecule has 2 aromatic rings. The van der Waals surface area contributed by atoms with Crippen molar-refractivity contribution in [2.24, 2.45) is 5.10 Å². The second-order valence-corrected chi connectivity index (χ2v) is 7.47. The Morgan fingerprint density at radius 3 is 2.64 bits per heavy atom. The molecule has 0 aromatic heterocycles. The molecule has 0 radical (unpaired) electrons. The van der Waals surface area contributed by atoms with Crippen LogP contribution in [-0.2, 0) is 4.79 Å². The Kier molecular flexibility index (Phi) is 6.99. The zero-order chi connectivity index (χ0) is 18.4. The first-order chi connectivity index (χ1) is 11.9. The molecule has 0 saturated heterocycles. The molecule has 0 aliphatic rings. The Balaban J connectivity index is 1.97. The number of halogens is 1. The van der Waals surface area contributed by atoms with Gasteiger partial charge in [-0.2, -0.15) is 5.10 Å². The number of carbonyl (C=O) groups is 1. The highest BCUT2D eigenvalue weighted by Gasteiger charge is 2.15. The number of ether oxygens (including phenoxy) is 1. The molecule has 1 N–H and O–H groups in total. The summed E-state index contributed by atoms with van der Waals surface area (Å²) in [6.45, 7) is 7.95. The summed E-state index contributed by atoms with van der Waals surface area (Å²) >= 11 is 2.23. The summed E-state index contributed by atoms with van der Waals surface area (Å²) in [6, 6.07) is 14.0. The SMILES string of the molecule is Cc1ccc(C(C)C)cc1O[C@@H](C)C(=O)N/N=C\c1cccc(I)c1. The first-order valence-corrected chi connectivity index (χ1v) is 9.30. The molecule has 0 unspecified atom stereocenters. The topological polar surface area (TPSA) is 50.7 Å². The lowest BCUT2D eigenvalue weighted by atomic mass is 10.0. The van der Waals surface area contributed by atoms with Gasteiger partial charge in [-0.1, -0.05) is 38.1 Å². The number of carbonyl (C=O) groups excluding carboxylic acids is 1. The van der Waals surface area contributed by atoms with Gasteiger partial charge in [-0.05, 0) is 77.2 Å². The van der Waals surface area contributed by atoms with Gasteiger partial charge < -0.3 is 4.74 Å². The van der Waals surface area contributed by atoms with Crippen molar-refractivity contribution >= 4 is 34.7 Å². The van der Waals surface area contributed by atoms with Gasteiger partial charge >= 0.3 is 0 Å². The second kappa shape index (κ2) is 8.99. The third-order valence-electron chi connectivity index (χ3n) is 3.79. The Morgan fingerprint density at radius 1 is 1.20 bits per heavy atom. The van der Waals surface area contributed by atoms with E-state index in [2.05, 4.69) is 53.0 Å². The van der Waals surface area contributed by atoms with E-state index in [-0.39, 0.29) is 5.91 Å². The molecule has 1 amide bonds. The summed E-state index contributed by atoms with van der Waals surface area (Å²) < 4.78 is 6.95. The minimum Gasteiger partial charge on any atom is -0.481 e. The van der Waals surface area contributed by atoms with Gasteiger partial charge in [-0.25, -0.2) is 5.43 Å². The maximum Gasteiger partial charge on any atom is 0.280 e. The van der Waals surface area contributed by atoms with Gasteiger partial charge in [0.05, 0.1) is 6.21 Å². The molecule has 0 fully saturated rings. The zero-order valence-corrected chi connectivity index (χ0v) is 17.1. The predicted octanol–water partition coefficient (Wildman–Crippen LogP) is 4.64. The lowest BCUT2D eigenvalue weighted by Gasteiger charge is -2.16. The van der Waals surface area contributed by atoms with Crippen LogP contribution < -0.4 is 10.2 Å². The van der Waals surface area contributed by atoms with Gasteiger partial charge in [0.25, 0.3) is 5.91 Å². The zero-order valence-electron chi connectivity index (χ0n) is 14.9. The Bertz CT molecular complexity index is 772. The van der Waals surface area contributed by atoms with Gasteiger partial charge in [0, 0.05) is 3.57 Å². The number of hydrogen-bond donors (Lipinski definition) is 1. The molecular weight excluding hydrogens is 427 g/mol. The minimum atomic E-state index is -0.630. The standard InChI is InChI=1S/C20H23IN2O2/c1-13(2)17-9-8-14(3)19(11-17)25-15(4)20(24)23-22-12-16-6-5-7-18(21)10-16/h5-13,15H,1-4H3,(H,23,24)/b22-12-/t15-/m0/s1. The summed E-state index contributed by atoms with van der Waals surface area (Å²) in [5, 5.41) is 4.01. The van der Waals surface area contributed by atoms with Crippen LogP contribution >= 0.6 is 22.6 Å². The van der Waals surface area contributed by atoms with Gasteiger partial charge in [0.15, 0.2) is 6.10 Å². The molecule has 0 aliphatic carbocycles. The van der Waals surface area contributed by atoms with Crippen molar-refractivity contribution in [1.29, 1.82) is 0 Å². The fourth-order valence-corrected chi connectivity index (χ4v) is 2.76.